The van der Waals surface area contributed by atoms with Crippen LogP contribution in [-0.2, 0) is 4.79 Å². The van der Waals surface area contributed by atoms with Crippen molar-refractivity contribution in [2.24, 2.45) is 5.41 Å². The van der Waals surface area contributed by atoms with E-state index in [1.807, 2.05) is 40.3 Å². The molecule has 3 aromatic rings. The molecule has 0 saturated carbocycles. The minimum Gasteiger partial charge on any atom is -0.497 e. The molecular formula is C24H24N4O3. The molecule has 1 atom stereocenters. The van der Waals surface area contributed by atoms with Gasteiger partial charge in [-0.05, 0) is 54.8 Å². The van der Waals surface area contributed by atoms with Gasteiger partial charge in [-0.3, -0.25) is 14.7 Å². The number of nitrogens with one attached hydrogen (secondary N) is 1. The lowest BCUT2D eigenvalue weighted by atomic mass is 9.85. The van der Waals surface area contributed by atoms with Gasteiger partial charge < -0.3 is 14.5 Å². The van der Waals surface area contributed by atoms with Crippen molar-refractivity contribution in [1.82, 2.24) is 15.1 Å². The first-order valence-corrected chi connectivity index (χ1v) is 10.4. The van der Waals surface area contributed by atoms with Gasteiger partial charge >= 0.3 is 0 Å². The number of benzene rings is 2. The van der Waals surface area contributed by atoms with Crippen LogP contribution in [0.1, 0.15) is 23.2 Å². The number of hydrogen-bond donors (Lipinski definition) is 1. The molecule has 158 valence electrons. The van der Waals surface area contributed by atoms with Crippen molar-refractivity contribution in [3.05, 3.63) is 66.5 Å². The monoisotopic (exact) mass is 416 g/mol. The molecule has 5 rings (SSSR count). The molecule has 0 bridgehead atoms. The average molecular weight is 416 g/mol. The summed E-state index contributed by atoms with van der Waals surface area (Å²) in [5.41, 5.74) is 3.10. The van der Waals surface area contributed by atoms with Gasteiger partial charge in [-0.25, -0.2) is 0 Å². The second-order valence-corrected chi connectivity index (χ2v) is 8.23. The zero-order valence-electron chi connectivity index (χ0n) is 17.4. The summed E-state index contributed by atoms with van der Waals surface area (Å²) in [6.45, 7) is 1.75. The Bertz CT molecular complexity index is 1090. The lowest BCUT2D eigenvalue weighted by Crippen LogP contribution is -2.38. The van der Waals surface area contributed by atoms with Crippen LogP contribution in [0.4, 0.5) is 5.69 Å². The van der Waals surface area contributed by atoms with E-state index >= 15 is 0 Å². The Morgan fingerprint density at radius 3 is 2.45 bits per heavy atom. The second kappa shape index (κ2) is 7.58. The Hall–Kier alpha value is -3.61. The maximum absolute atomic E-state index is 13.4. The summed E-state index contributed by atoms with van der Waals surface area (Å²) in [4.78, 5) is 30.0. The molecule has 7 heteroatoms. The molecule has 0 radical (unpaired) electrons. The fourth-order valence-electron chi connectivity index (χ4n) is 4.65. The van der Waals surface area contributed by atoms with E-state index in [1.165, 1.54) is 0 Å². The molecular weight excluding hydrogens is 392 g/mol. The molecule has 3 heterocycles. The van der Waals surface area contributed by atoms with Crippen LogP contribution >= 0.6 is 0 Å². The maximum atomic E-state index is 13.4. The number of methoxy groups -OCH3 is 1. The predicted molar refractivity (Wildman–Crippen MR) is 117 cm³/mol. The molecule has 2 aliphatic heterocycles. The fourth-order valence-corrected chi connectivity index (χ4v) is 4.65. The van der Waals surface area contributed by atoms with Crippen molar-refractivity contribution in [2.45, 2.75) is 12.8 Å². The number of ether oxygens (including phenoxy) is 1. The van der Waals surface area contributed by atoms with E-state index < -0.39 is 5.41 Å². The van der Waals surface area contributed by atoms with Crippen molar-refractivity contribution in [3.8, 4) is 16.9 Å². The van der Waals surface area contributed by atoms with Gasteiger partial charge in [0.1, 0.15) is 5.75 Å². The first-order valence-electron chi connectivity index (χ1n) is 10.4. The summed E-state index contributed by atoms with van der Waals surface area (Å²) in [5.74, 6) is 0.804. The number of anilines is 1. The number of nitrogens with zero attached hydrogens (tertiary/aromatic N) is 3. The quantitative estimate of drug-likeness (QED) is 0.707. The highest BCUT2D eigenvalue weighted by molar-refractivity contribution is 6.02. The zero-order chi connectivity index (χ0) is 21.4. The van der Waals surface area contributed by atoms with Gasteiger partial charge in [0.05, 0.1) is 18.7 Å². The number of carbonyl (C=O) groups is 2. The van der Waals surface area contributed by atoms with Crippen molar-refractivity contribution in [1.29, 1.82) is 0 Å². The van der Waals surface area contributed by atoms with Crippen LogP contribution in [0.3, 0.4) is 0 Å². The summed E-state index contributed by atoms with van der Waals surface area (Å²) in [7, 11) is 1.60. The Balaban J connectivity index is 1.29. The van der Waals surface area contributed by atoms with Gasteiger partial charge in [0.25, 0.3) is 5.91 Å². The SMILES string of the molecule is COc1ccc(C(=O)N2CCC3(CCN(c4ccc(-c5cn[nH]c5)cc4)C3=O)C2)cc1. The molecule has 7 nitrogen and oxygen atoms in total. The lowest BCUT2D eigenvalue weighted by Gasteiger charge is -2.24. The molecule has 1 spiro atoms. The molecule has 1 aromatic heterocycles. The van der Waals surface area contributed by atoms with Crippen molar-refractivity contribution < 1.29 is 14.3 Å². The van der Waals surface area contributed by atoms with Gasteiger partial charge in [-0.15, -0.1) is 0 Å². The smallest absolute Gasteiger partial charge is 0.253 e. The Morgan fingerprint density at radius 2 is 1.77 bits per heavy atom. The highest BCUT2D eigenvalue weighted by Gasteiger charge is 2.52. The number of aromatic nitrogens is 2. The van der Waals surface area contributed by atoms with E-state index in [0.29, 0.717) is 31.6 Å². The molecule has 2 amide bonds. The van der Waals surface area contributed by atoms with Crippen LogP contribution in [0.25, 0.3) is 11.1 Å². The van der Waals surface area contributed by atoms with Crippen LogP contribution < -0.4 is 9.64 Å². The largest absolute Gasteiger partial charge is 0.497 e. The molecule has 2 aliphatic rings. The topological polar surface area (TPSA) is 78.5 Å². The lowest BCUT2D eigenvalue weighted by molar-refractivity contribution is -0.124. The summed E-state index contributed by atoms with van der Waals surface area (Å²) in [5, 5.41) is 6.80. The van der Waals surface area contributed by atoms with Crippen LogP contribution in [0.5, 0.6) is 5.75 Å². The van der Waals surface area contributed by atoms with Crippen LogP contribution in [0.15, 0.2) is 60.9 Å². The maximum Gasteiger partial charge on any atom is 0.253 e. The number of rotatable bonds is 4. The third-order valence-electron chi connectivity index (χ3n) is 6.50. The fraction of sp³-hybridized carbons (Fsp3) is 0.292. The molecule has 1 unspecified atom stereocenters. The number of aromatic amines is 1. The van der Waals surface area contributed by atoms with Crippen LogP contribution in [0.2, 0.25) is 0 Å². The van der Waals surface area contributed by atoms with Crippen LogP contribution in [-0.4, -0.2) is 53.7 Å². The predicted octanol–water partition coefficient (Wildman–Crippen LogP) is 3.35. The van der Waals surface area contributed by atoms with Crippen molar-refractivity contribution in [3.63, 3.8) is 0 Å². The molecule has 2 fully saturated rings. The van der Waals surface area contributed by atoms with E-state index in [-0.39, 0.29) is 11.8 Å². The minimum atomic E-state index is -0.481. The molecule has 31 heavy (non-hydrogen) atoms. The molecule has 1 N–H and O–H groups in total. The van der Waals surface area contributed by atoms with Crippen molar-refractivity contribution in [2.75, 3.05) is 31.6 Å². The number of H-pyrrole nitrogens is 1. The van der Waals surface area contributed by atoms with Crippen LogP contribution in [0, 0.1) is 5.41 Å². The van der Waals surface area contributed by atoms with Gasteiger partial charge in [0, 0.05) is 42.6 Å². The standard InChI is InChI=1S/C24H24N4O3/c1-31-21-8-4-18(5-9-21)22(29)27-12-10-24(16-27)11-13-28(23(24)30)20-6-2-17(3-7-20)19-14-25-26-15-19/h2-9,14-15H,10-13,16H2,1H3,(H,25,26). The average Bonchev–Trinajstić information content (AvgIpc) is 3.56. The number of hydrogen-bond acceptors (Lipinski definition) is 4. The number of amides is 2. The summed E-state index contributed by atoms with van der Waals surface area (Å²) in [6.07, 6.45) is 5.09. The Labute approximate surface area is 180 Å². The molecule has 2 aromatic carbocycles. The van der Waals surface area contributed by atoms with Gasteiger partial charge in [0.2, 0.25) is 5.91 Å². The van der Waals surface area contributed by atoms with E-state index in [4.69, 9.17) is 4.74 Å². The summed E-state index contributed by atoms with van der Waals surface area (Å²) in [6, 6.07) is 15.1. The number of carbonyl (C=O) groups excluding carboxylic acids is 2. The van der Waals surface area contributed by atoms with E-state index in [2.05, 4.69) is 10.2 Å². The Kier molecular flexibility index (Phi) is 4.73. The van der Waals surface area contributed by atoms with Gasteiger partial charge in [0.15, 0.2) is 0 Å². The van der Waals surface area contributed by atoms with Gasteiger partial charge in [-0.1, -0.05) is 12.1 Å². The van der Waals surface area contributed by atoms with E-state index in [9.17, 15) is 9.59 Å². The highest BCUT2D eigenvalue weighted by atomic mass is 16.5. The third kappa shape index (κ3) is 3.36. The highest BCUT2D eigenvalue weighted by Crippen LogP contribution is 2.43. The second-order valence-electron chi connectivity index (χ2n) is 8.23. The molecule has 0 aliphatic carbocycles. The Morgan fingerprint density at radius 1 is 1.03 bits per heavy atom. The first kappa shape index (κ1) is 19.4. The summed E-state index contributed by atoms with van der Waals surface area (Å²) >= 11 is 0. The normalized spacial score (nSPS) is 20.6. The van der Waals surface area contributed by atoms with E-state index in [0.717, 1.165) is 29.0 Å². The van der Waals surface area contributed by atoms with Gasteiger partial charge in [-0.2, -0.15) is 5.10 Å². The number of likely N-dealkylation sites (tertiary alicyclic amines) is 1. The van der Waals surface area contributed by atoms with Crippen molar-refractivity contribution >= 4 is 17.5 Å². The first-order chi connectivity index (χ1) is 15.1. The summed E-state index contributed by atoms with van der Waals surface area (Å²) < 4.78 is 5.17. The third-order valence-corrected chi connectivity index (χ3v) is 6.50. The van der Waals surface area contributed by atoms with E-state index in [1.54, 1.807) is 37.6 Å². The zero-order valence-corrected chi connectivity index (χ0v) is 17.4. The minimum absolute atomic E-state index is 0.0322. The molecule has 2 saturated heterocycles.